The van der Waals surface area contributed by atoms with Gasteiger partial charge in [-0.1, -0.05) is 23.2 Å². The van der Waals surface area contributed by atoms with Crippen molar-refractivity contribution < 1.29 is 0 Å². The number of halogens is 2. The summed E-state index contributed by atoms with van der Waals surface area (Å²) in [5.41, 5.74) is 10.6. The van der Waals surface area contributed by atoms with Crippen molar-refractivity contribution >= 4 is 28.9 Å². The van der Waals surface area contributed by atoms with Crippen LogP contribution in [0.1, 0.15) is 16.8 Å². The van der Waals surface area contributed by atoms with Crippen LogP contribution in [0.25, 0.3) is 11.4 Å². The van der Waals surface area contributed by atoms with E-state index in [1.807, 2.05) is 30.5 Å². The van der Waals surface area contributed by atoms with Gasteiger partial charge in [0.25, 0.3) is 0 Å². The quantitative estimate of drug-likeness (QED) is 0.690. The molecule has 1 aliphatic heterocycles. The molecule has 4 rings (SSSR count). The van der Waals surface area contributed by atoms with Crippen LogP contribution in [0, 0.1) is 0 Å². The summed E-state index contributed by atoms with van der Waals surface area (Å²) in [6, 6.07) is 7.61. The predicted molar refractivity (Wildman–Crippen MR) is 104 cm³/mol. The number of pyridine rings is 1. The molecule has 132 valence electrons. The Labute approximate surface area is 161 Å². The standard InChI is InChI=1S/C19H17Cl2N5/c20-16-8-23-9-17(21)15(16)11-26-6-5-18-13(10-26)7-24-19(25-18)12-1-3-14(22)4-2-12/h1-4,7-9H,5-6,10-11,22H2. The van der Waals surface area contributed by atoms with E-state index in [2.05, 4.69) is 14.9 Å². The maximum Gasteiger partial charge on any atom is 0.159 e. The number of hydrogen-bond acceptors (Lipinski definition) is 5. The number of hydrogen-bond donors (Lipinski definition) is 1. The van der Waals surface area contributed by atoms with Crippen molar-refractivity contribution in [2.75, 3.05) is 12.3 Å². The summed E-state index contributed by atoms with van der Waals surface area (Å²) in [7, 11) is 0. The summed E-state index contributed by atoms with van der Waals surface area (Å²) < 4.78 is 0. The van der Waals surface area contributed by atoms with Gasteiger partial charge in [-0.25, -0.2) is 9.97 Å². The van der Waals surface area contributed by atoms with E-state index in [1.54, 1.807) is 12.4 Å². The average molecular weight is 386 g/mol. The van der Waals surface area contributed by atoms with Gasteiger partial charge in [-0.15, -0.1) is 0 Å². The number of anilines is 1. The molecule has 1 aromatic carbocycles. The van der Waals surface area contributed by atoms with E-state index in [-0.39, 0.29) is 0 Å². The fourth-order valence-electron chi connectivity index (χ4n) is 3.09. The first kappa shape index (κ1) is 17.2. The highest BCUT2D eigenvalue weighted by Gasteiger charge is 2.20. The fraction of sp³-hybridized carbons (Fsp3) is 0.211. The molecule has 0 aliphatic carbocycles. The van der Waals surface area contributed by atoms with Crippen LogP contribution in [0.15, 0.2) is 42.9 Å². The first-order chi connectivity index (χ1) is 12.6. The molecule has 0 unspecified atom stereocenters. The molecule has 2 N–H and O–H groups in total. The zero-order valence-corrected chi connectivity index (χ0v) is 15.5. The lowest BCUT2D eigenvalue weighted by atomic mass is 10.1. The highest BCUT2D eigenvalue weighted by molar-refractivity contribution is 6.35. The van der Waals surface area contributed by atoms with E-state index in [1.165, 1.54) is 0 Å². The Bertz CT molecular complexity index is 923. The Morgan fingerprint density at radius 2 is 1.77 bits per heavy atom. The van der Waals surface area contributed by atoms with Gasteiger partial charge >= 0.3 is 0 Å². The average Bonchev–Trinajstić information content (AvgIpc) is 2.65. The highest BCUT2D eigenvalue weighted by atomic mass is 35.5. The highest BCUT2D eigenvalue weighted by Crippen LogP contribution is 2.27. The van der Waals surface area contributed by atoms with E-state index in [0.717, 1.165) is 53.4 Å². The minimum Gasteiger partial charge on any atom is -0.399 e. The first-order valence-corrected chi connectivity index (χ1v) is 9.06. The SMILES string of the molecule is Nc1ccc(-c2ncc3c(n2)CCN(Cc2c(Cl)cncc2Cl)C3)cc1. The molecule has 5 nitrogen and oxygen atoms in total. The van der Waals surface area contributed by atoms with Gasteiger partial charge in [0, 0.05) is 67.0 Å². The van der Waals surface area contributed by atoms with Crippen LogP contribution in [0.4, 0.5) is 5.69 Å². The third-order valence-electron chi connectivity index (χ3n) is 4.52. The van der Waals surface area contributed by atoms with Gasteiger partial charge in [-0.2, -0.15) is 0 Å². The lowest BCUT2D eigenvalue weighted by molar-refractivity contribution is 0.243. The maximum atomic E-state index is 6.24. The molecule has 0 saturated heterocycles. The van der Waals surface area contributed by atoms with Crippen LogP contribution < -0.4 is 5.73 Å². The molecule has 0 atom stereocenters. The van der Waals surface area contributed by atoms with E-state index < -0.39 is 0 Å². The van der Waals surface area contributed by atoms with Crippen molar-refractivity contribution in [3.63, 3.8) is 0 Å². The number of aromatic nitrogens is 3. The second kappa shape index (κ2) is 7.19. The van der Waals surface area contributed by atoms with Gasteiger partial charge in [0.05, 0.1) is 15.7 Å². The van der Waals surface area contributed by atoms with Crippen molar-refractivity contribution in [3.8, 4) is 11.4 Å². The Kier molecular flexibility index (Phi) is 4.76. The number of fused-ring (bicyclic) bond motifs is 1. The predicted octanol–water partition coefficient (Wildman–Crippen LogP) is 3.99. The Morgan fingerprint density at radius 1 is 1.04 bits per heavy atom. The van der Waals surface area contributed by atoms with Crippen LogP contribution >= 0.6 is 23.2 Å². The molecular formula is C19H17Cl2N5. The molecule has 7 heteroatoms. The van der Waals surface area contributed by atoms with Crippen LogP contribution in [0.5, 0.6) is 0 Å². The van der Waals surface area contributed by atoms with Gasteiger partial charge < -0.3 is 5.73 Å². The van der Waals surface area contributed by atoms with Crippen LogP contribution in [-0.2, 0) is 19.5 Å². The fourth-order valence-corrected chi connectivity index (χ4v) is 3.58. The summed E-state index contributed by atoms with van der Waals surface area (Å²) in [6.07, 6.45) is 6.03. The second-order valence-corrected chi connectivity index (χ2v) is 7.14. The van der Waals surface area contributed by atoms with Crippen LogP contribution in [0.2, 0.25) is 10.0 Å². The number of rotatable bonds is 3. The number of nitrogens with two attached hydrogens (primary N) is 1. The zero-order chi connectivity index (χ0) is 18.1. The molecule has 2 aromatic heterocycles. The Morgan fingerprint density at radius 3 is 2.50 bits per heavy atom. The first-order valence-electron chi connectivity index (χ1n) is 8.31. The normalized spacial score (nSPS) is 14.2. The number of nitrogen functional groups attached to an aromatic ring is 1. The molecule has 0 amide bonds. The molecule has 26 heavy (non-hydrogen) atoms. The van der Waals surface area contributed by atoms with E-state index in [4.69, 9.17) is 33.9 Å². The molecule has 0 bridgehead atoms. The summed E-state index contributed by atoms with van der Waals surface area (Å²) in [5, 5.41) is 1.19. The third kappa shape index (κ3) is 3.51. The molecule has 0 radical (unpaired) electrons. The van der Waals surface area contributed by atoms with E-state index in [9.17, 15) is 0 Å². The minimum atomic E-state index is 0.596. The van der Waals surface area contributed by atoms with Crippen molar-refractivity contribution in [2.45, 2.75) is 19.5 Å². The molecule has 0 spiro atoms. The van der Waals surface area contributed by atoms with E-state index in [0.29, 0.717) is 16.6 Å². The summed E-state index contributed by atoms with van der Waals surface area (Å²) in [4.78, 5) is 15.6. The summed E-state index contributed by atoms with van der Waals surface area (Å²) >= 11 is 12.5. The van der Waals surface area contributed by atoms with Crippen molar-refractivity contribution in [3.05, 3.63) is 69.7 Å². The van der Waals surface area contributed by atoms with E-state index >= 15 is 0 Å². The topological polar surface area (TPSA) is 67.9 Å². The lowest BCUT2D eigenvalue weighted by Gasteiger charge is -2.28. The van der Waals surface area contributed by atoms with Gasteiger partial charge in [0.1, 0.15) is 0 Å². The molecule has 0 fully saturated rings. The smallest absolute Gasteiger partial charge is 0.159 e. The minimum absolute atomic E-state index is 0.596. The Hall–Kier alpha value is -2.21. The second-order valence-electron chi connectivity index (χ2n) is 6.33. The van der Waals surface area contributed by atoms with Gasteiger partial charge in [-0.05, 0) is 24.3 Å². The molecular weight excluding hydrogens is 369 g/mol. The molecule has 1 aliphatic rings. The van der Waals surface area contributed by atoms with Crippen LogP contribution in [0.3, 0.4) is 0 Å². The molecule has 0 saturated carbocycles. The van der Waals surface area contributed by atoms with Gasteiger partial charge in [0.15, 0.2) is 5.82 Å². The summed E-state index contributed by atoms with van der Waals surface area (Å²) in [6.45, 7) is 2.34. The van der Waals surface area contributed by atoms with Gasteiger partial charge in [-0.3, -0.25) is 9.88 Å². The Balaban J connectivity index is 1.54. The monoisotopic (exact) mass is 385 g/mol. The van der Waals surface area contributed by atoms with Gasteiger partial charge in [0.2, 0.25) is 0 Å². The van der Waals surface area contributed by atoms with Crippen LogP contribution in [-0.4, -0.2) is 26.4 Å². The maximum absolute atomic E-state index is 6.24. The molecule has 3 heterocycles. The number of benzene rings is 1. The number of nitrogens with zero attached hydrogens (tertiary/aromatic N) is 4. The third-order valence-corrected chi connectivity index (χ3v) is 5.17. The van der Waals surface area contributed by atoms with Crippen molar-refractivity contribution in [1.29, 1.82) is 0 Å². The van der Waals surface area contributed by atoms with Crippen molar-refractivity contribution in [2.24, 2.45) is 0 Å². The van der Waals surface area contributed by atoms with Crippen molar-refractivity contribution in [1.82, 2.24) is 19.9 Å². The molecule has 3 aromatic rings. The summed E-state index contributed by atoms with van der Waals surface area (Å²) in [5.74, 6) is 0.734. The zero-order valence-electron chi connectivity index (χ0n) is 14.0. The lowest BCUT2D eigenvalue weighted by Crippen LogP contribution is -2.31. The largest absolute Gasteiger partial charge is 0.399 e.